The van der Waals surface area contributed by atoms with E-state index in [4.69, 9.17) is 10.00 Å². The standard InChI is InChI=1S/C16H15NO2/c17-11-10-14-8-4-5-9-16(14)19-12-15(18)13-6-2-1-3-7-13/h1-9,15,18H,10,12H2. The van der Waals surface area contributed by atoms with Crippen LogP contribution in [0.1, 0.15) is 17.2 Å². The molecule has 0 aliphatic rings. The van der Waals surface area contributed by atoms with Gasteiger partial charge in [-0.05, 0) is 11.6 Å². The number of nitrogens with zero attached hydrogens (tertiary/aromatic N) is 1. The summed E-state index contributed by atoms with van der Waals surface area (Å²) >= 11 is 0. The highest BCUT2D eigenvalue weighted by Crippen LogP contribution is 2.20. The molecule has 0 heterocycles. The van der Waals surface area contributed by atoms with Gasteiger partial charge in [0, 0.05) is 5.56 Å². The zero-order valence-corrected chi connectivity index (χ0v) is 10.5. The van der Waals surface area contributed by atoms with Gasteiger partial charge in [-0.25, -0.2) is 0 Å². The first-order valence-corrected chi connectivity index (χ1v) is 6.12. The highest BCUT2D eigenvalue weighted by atomic mass is 16.5. The second-order valence-electron chi connectivity index (χ2n) is 4.18. The summed E-state index contributed by atoms with van der Waals surface area (Å²) in [7, 11) is 0. The van der Waals surface area contributed by atoms with Crippen molar-refractivity contribution in [3.63, 3.8) is 0 Å². The molecule has 2 aromatic rings. The second-order valence-corrected chi connectivity index (χ2v) is 4.18. The van der Waals surface area contributed by atoms with Crippen LogP contribution in [0, 0.1) is 11.3 Å². The predicted molar refractivity (Wildman–Crippen MR) is 72.7 cm³/mol. The average molecular weight is 253 g/mol. The van der Waals surface area contributed by atoms with E-state index < -0.39 is 6.10 Å². The third-order valence-electron chi connectivity index (χ3n) is 2.82. The molecule has 1 N–H and O–H groups in total. The van der Waals surface area contributed by atoms with Gasteiger partial charge in [0.15, 0.2) is 0 Å². The van der Waals surface area contributed by atoms with E-state index >= 15 is 0 Å². The molecule has 0 amide bonds. The largest absolute Gasteiger partial charge is 0.490 e. The van der Waals surface area contributed by atoms with Crippen molar-refractivity contribution in [1.29, 1.82) is 5.26 Å². The fourth-order valence-corrected chi connectivity index (χ4v) is 1.82. The summed E-state index contributed by atoms with van der Waals surface area (Å²) in [5.41, 5.74) is 1.66. The van der Waals surface area contributed by atoms with Crippen LogP contribution in [-0.2, 0) is 6.42 Å². The zero-order valence-electron chi connectivity index (χ0n) is 10.5. The molecular weight excluding hydrogens is 238 g/mol. The van der Waals surface area contributed by atoms with Crippen LogP contribution in [0.15, 0.2) is 54.6 Å². The van der Waals surface area contributed by atoms with Crippen LogP contribution in [0.25, 0.3) is 0 Å². The summed E-state index contributed by atoms with van der Waals surface area (Å²) < 4.78 is 5.60. The lowest BCUT2D eigenvalue weighted by atomic mass is 10.1. The Hall–Kier alpha value is -2.31. The van der Waals surface area contributed by atoms with E-state index in [1.54, 1.807) is 0 Å². The van der Waals surface area contributed by atoms with Crippen LogP contribution < -0.4 is 4.74 Å². The second kappa shape index (κ2) is 6.58. The first kappa shape index (κ1) is 13.1. The summed E-state index contributed by atoms with van der Waals surface area (Å²) in [6.07, 6.45) is -0.367. The number of hydrogen-bond donors (Lipinski definition) is 1. The van der Waals surface area contributed by atoms with Crippen molar-refractivity contribution in [1.82, 2.24) is 0 Å². The molecule has 2 rings (SSSR count). The van der Waals surface area contributed by atoms with Gasteiger partial charge in [0.05, 0.1) is 12.5 Å². The Labute approximate surface area is 112 Å². The van der Waals surface area contributed by atoms with E-state index in [0.29, 0.717) is 12.2 Å². The maximum Gasteiger partial charge on any atom is 0.123 e. The summed E-state index contributed by atoms with van der Waals surface area (Å²) in [6, 6.07) is 18.9. The summed E-state index contributed by atoms with van der Waals surface area (Å²) in [4.78, 5) is 0. The third-order valence-corrected chi connectivity index (χ3v) is 2.82. The number of nitriles is 1. The lowest BCUT2D eigenvalue weighted by Gasteiger charge is -2.14. The maximum absolute atomic E-state index is 10.0. The van der Waals surface area contributed by atoms with E-state index in [0.717, 1.165) is 11.1 Å². The molecule has 0 spiro atoms. The first-order chi connectivity index (χ1) is 9.31. The van der Waals surface area contributed by atoms with Crippen molar-refractivity contribution < 1.29 is 9.84 Å². The minimum Gasteiger partial charge on any atom is -0.490 e. The molecule has 19 heavy (non-hydrogen) atoms. The lowest BCUT2D eigenvalue weighted by Crippen LogP contribution is -2.10. The monoisotopic (exact) mass is 253 g/mol. The zero-order chi connectivity index (χ0) is 13.5. The van der Waals surface area contributed by atoms with Gasteiger partial charge >= 0.3 is 0 Å². The quantitative estimate of drug-likeness (QED) is 0.891. The van der Waals surface area contributed by atoms with Crippen LogP contribution in [0.5, 0.6) is 5.75 Å². The Morgan fingerprint density at radius 2 is 1.74 bits per heavy atom. The predicted octanol–water partition coefficient (Wildman–Crippen LogP) is 2.87. The van der Waals surface area contributed by atoms with Gasteiger partial charge in [-0.2, -0.15) is 5.26 Å². The molecule has 0 radical (unpaired) electrons. The normalized spacial score (nSPS) is 11.6. The number of ether oxygens (including phenoxy) is 1. The highest BCUT2D eigenvalue weighted by molar-refractivity contribution is 5.35. The Kier molecular flexibility index (Phi) is 4.54. The molecule has 0 saturated carbocycles. The number of para-hydroxylation sites is 1. The van der Waals surface area contributed by atoms with E-state index in [2.05, 4.69) is 6.07 Å². The Morgan fingerprint density at radius 3 is 2.47 bits per heavy atom. The molecule has 0 aromatic heterocycles. The average Bonchev–Trinajstić information content (AvgIpc) is 2.47. The SMILES string of the molecule is N#CCc1ccccc1OCC(O)c1ccccc1. The molecule has 2 aromatic carbocycles. The van der Waals surface area contributed by atoms with Crippen molar-refractivity contribution in [3.8, 4) is 11.8 Å². The van der Waals surface area contributed by atoms with Crippen LogP contribution in [0.4, 0.5) is 0 Å². The molecule has 0 bridgehead atoms. The number of aliphatic hydroxyl groups excluding tert-OH is 1. The number of hydrogen-bond acceptors (Lipinski definition) is 3. The summed E-state index contributed by atoms with van der Waals surface area (Å²) in [6.45, 7) is 0.173. The third kappa shape index (κ3) is 3.57. The minimum absolute atomic E-state index is 0.173. The lowest BCUT2D eigenvalue weighted by molar-refractivity contribution is 0.108. The van der Waals surface area contributed by atoms with Crippen LogP contribution in [0.2, 0.25) is 0 Å². The van der Waals surface area contributed by atoms with Gasteiger partial charge in [-0.15, -0.1) is 0 Å². The minimum atomic E-state index is -0.670. The van der Waals surface area contributed by atoms with Gasteiger partial charge in [-0.1, -0.05) is 48.5 Å². The fourth-order valence-electron chi connectivity index (χ4n) is 1.82. The Balaban J connectivity index is 2.01. The highest BCUT2D eigenvalue weighted by Gasteiger charge is 2.09. The number of aliphatic hydroxyl groups is 1. The molecule has 3 nitrogen and oxygen atoms in total. The molecule has 1 atom stereocenters. The Bertz CT molecular complexity index is 560. The van der Waals surface area contributed by atoms with Gasteiger partial charge in [-0.3, -0.25) is 0 Å². The van der Waals surface area contributed by atoms with Crippen molar-refractivity contribution in [2.45, 2.75) is 12.5 Å². The number of benzene rings is 2. The van der Waals surface area contributed by atoms with Crippen molar-refractivity contribution in [3.05, 3.63) is 65.7 Å². The van der Waals surface area contributed by atoms with Crippen molar-refractivity contribution in [2.75, 3.05) is 6.61 Å². The molecule has 0 saturated heterocycles. The van der Waals surface area contributed by atoms with Crippen molar-refractivity contribution in [2.24, 2.45) is 0 Å². The molecule has 3 heteroatoms. The molecule has 0 aliphatic heterocycles. The van der Waals surface area contributed by atoms with Gasteiger partial charge < -0.3 is 9.84 Å². The van der Waals surface area contributed by atoms with Crippen LogP contribution in [-0.4, -0.2) is 11.7 Å². The van der Waals surface area contributed by atoms with E-state index in [1.807, 2.05) is 54.6 Å². The maximum atomic E-state index is 10.0. The van der Waals surface area contributed by atoms with Gasteiger partial charge in [0.1, 0.15) is 18.5 Å². The topological polar surface area (TPSA) is 53.2 Å². The number of rotatable bonds is 5. The van der Waals surface area contributed by atoms with Crippen LogP contribution >= 0.6 is 0 Å². The molecular formula is C16H15NO2. The van der Waals surface area contributed by atoms with Crippen LogP contribution in [0.3, 0.4) is 0 Å². The fraction of sp³-hybridized carbons (Fsp3) is 0.188. The summed E-state index contributed by atoms with van der Waals surface area (Å²) in [5.74, 6) is 0.652. The molecule has 96 valence electrons. The Morgan fingerprint density at radius 1 is 1.05 bits per heavy atom. The van der Waals surface area contributed by atoms with E-state index in [-0.39, 0.29) is 6.61 Å². The van der Waals surface area contributed by atoms with Gasteiger partial charge in [0.2, 0.25) is 0 Å². The first-order valence-electron chi connectivity index (χ1n) is 6.12. The molecule has 0 fully saturated rings. The summed E-state index contributed by atoms with van der Waals surface area (Å²) in [5, 5.41) is 18.8. The molecule has 0 aliphatic carbocycles. The van der Waals surface area contributed by atoms with E-state index in [1.165, 1.54) is 0 Å². The van der Waals surface area contributed by atoms with E-state index in [9.17, 15) is 5.11 Å². The van der Waals surface area contributed by atoms with Crippen molar-refractivity contribution >= 4 is 0 Å². The molecule has 1 unspecified atom stereocenters. The smallest absolute Gasteiger partial charge is 0.123 e. The van der Waals surface area contributed by atoms with Gasteiger partial charge in [0.25, 0.3) is 0 Å².